The third-order valence-electron chi connectivity index (χ3n) is 2.68. The predicted molar refractivity (Wildman–Crippen MR) is 55.2 cm³/mol. The molecule has 0 aromatic rings. The van der Waals surface area contributed by atoms with Crippen molar-refractivity contribution in [3.63, 3.8) is 0 Å². The Morgan fingerprint density at radius 3 is 2.77 bits per heavy atom. The summed E-state index contributed by atoms with van der Waals surface area (Å²) in [4.78, 5) is 12.8. The maximum atomic E-state index is 11.6. The van der Waals surface area contributed by atoms with Crippen molar-refractivity contribution in [2.45, 2.75) is 29.8 Å². The fourth-order valence-electron chi connectivity index (χ4n) is 1.94. The van der Waals surface area contributed by atoms with Gasteiger partial charge in [0.05, 0.1) is 12.1 Å². The number of hydrogen-bond donors (Lipinski definition) is 1. The molecular formula is C7H10Cl2N2OS. The highest BCUT2D eigenvalue weighted by Crippen LogP contribution is 2.34. The number of carbonyl (C=O) groups is 1. The molecule has 13 heavy (non-hydrogen) atoms. The molecule has 2 saturated heterocycles. The number of urea groups is 1. The molecular weight excluding hydrogens is 231 g/mol. The zero-order chi connectivity index (χ0) is 9.59. The first-order chi connectivity index (χ1) is 6.11. The van der Waals surface area contributed by atoms with Crippen molar-refractivity contribution in [1.82, 2.24) is 9.21 Å². The smallest absolute Gasteiger partial charge is 0.316 e. The van der Waals surface area contributed by atoms with E-state index in [4.69, 9.17) is 23.2 Å². The van der Waals surface area contributed by atoms with E-state index in [1.54, 1.807) is 4.90 Å². The molecule has 0 N–H and O–H groups in total. The van der Waals surface area contributed by atoms with Gasteiger partial charge in [-0.05, 0) is 12.8 Å². The predicted octanol–water partition coefficient (Wildman–Crippen LogP) is 1.90. The van der Waals surface area contributed by atoms with Gasteiger partial charge >= 0.3 is 6.03 Å². The van der Waals surface area contributed by atoms with Crippen LogP contribution >= 0.6 is 36.0 Å². The summed E-state index contributed by atoms with van der Waals surface area (Å²) in [6.07, 6.45) is 1.80. The summed E-state index contributed by atoms with van der Waals surface area (Å²) in [7, 11) is 0. The summed E-state index contributed by atoms with van der Waals surface area (Å²) in [6, 6.07) is 0.130. The Balaban J connectivity index is 2.17. The number of halogens is 2. The zero-order valence-corrected chi connectivity index (χ0v) is 9.27. The van der Waals surface area contributed by atoms with Crippen LogP contribution in [0.4, 0.5) is 4.79 Å². The summed E-state index contributed by atoms with van der Waals surface area (Å²) < 4.78 is 1.48. The highest BCUT2D eigenvalue weighted by molar-refractivity contribution is 7.78. The second-order valence-corrected chi connectivity index (χ2v) is 5.01. The molecule has 2 bridgehead atoms. The minimum atomic E-state index is -0.496. The topological polar surface area (TPSA) is 23.6 Å². The number of alkyl halides is 2. The van der Waals surface area contributed by atoms with Gasteiger partial charge in [-0.25, -0.2) is 4.79 Å². The molecule has 2 amide bonds. The van der Waals surface area contributed by atoms with Crippen molar-refractivity contribution in [3.8, 4) is 0 Å². The number of nitrogens with zero attached hydrogens (tertiary/aromatic N) is 2. The van der Waals surface area contributed by atoms with Crippen molar-refractivity contribution in [2.24, 2.45) is 0 Å². The van der Waals surface area contributed by atoms with Gasteiger partial charge in [-0.3, -0.25) is 4.31 Å². The maximum absolute atomic E-state index is 11.6. The minimum Gasteiger partial charge on any atom is -0.316 e. The van der Waals surface area contributed by atoms with Crippen LogP contribution in [0.1, 0.15) is 12.8 Å². The lowest BCUT2D eigenvalue weighted by atomic mass is 10.0. The third-order valence-corrected chi connectivity index (χ3v) is 3.76. The van der Waals surface area contributed by atoms with Gasteiger partial charge in [-0.2, -0.15) is 0 Å². The van der Waals surface area contributed by atoms with E-state index in [1.807, 2.05) is 0 Å². The van der Waals surface area contributed by atoms with Gasteiger partial charge in [0.25, 0.3) is 0 Å². The fourth-order valence-corrected chi connectivity index (χ4v) is 2.77. The summed E-state index contributed by atoms with van der Waals surface area (Å²) in [5.74, 6) is 0. The Morgan fingerprint density at radius 2 is 2.15 bits per heavy atom. The van der Waals surface area contributed by atoms with E-state index in [0.717, 1.165) is 12.8 Å². The molecule has 3 nitrogen and oxygen atoms in total. The molecule has 2 aliphatic heterocycles. The number of thiol groups is 1. The molecule has 2 fully saturated rings. The van der Waals surface area contributed by atoms with Crippen LogP contribution in [0.3, 0.4) is 0 Å². The van der Waals surface area contributed by atoms with Crippen LogP contribution in [0.5, 0.6) is 0 Å². The van der Waals surface area contributed by atoms with Crippen LogP contribution in [0.15, 0.2) is 0 Å². The lowest BCUT2D eigenvalue weighted by Gasteiger charge is -2.31. The molecule has 2 atom stereocenters. The molecule has 2 heterocycles. The molecule has 0 unspecified atom stereocenters. The van der Waals surface area contributed by atoms with E-state index < -0.39 is 4.84 Å². The average Bonchev–Trinajstić information content (AvgIpc) is 2.32. The van der Waals surface area contributed by atoms with Gasteiger partial charge in [0.15, 0.2) is 0 Å². The molecule has 0 aromatic carbocycles. The van der Waals surface area contributed by atoms with E-state index in [2.05, 4.69) is 12.8 Å². The Hall–Kier alpha value is 0.200. The van der Waals surface area contributed by atoms with E-state index in [1.165, 1.54) is 4.31 Å². The normalized spacial score (nSPS) is 33.4. The van der Waals surface area contributed by atoms with Crippen molar-refractivity contribution < 1.29 is 4.79 Å². The van der Waals surface area contributed by atoms with Crippen LogP contribution in [0.2, 0.25) is 0 Å². The molecule has 2 rings (SSSR count). The molecule has 0 saturated carbocycles. The van der Waals surface area contributed by atoms with Crippen molar-refractivity contribution in [2.75, 3.05) is 6.54 Å². The van der Waals surface area contributed by atoms with Crippen molar-refractivity contribution >= 4 is 42.0 Å². The van der Waals surface area contributed by atoms with Gasteiger partial charge < -0.3 is 4.90 Å². The third kappa shape index (κ3) is 1.49. The SMILES string of the molecule is O=C1N(S)[C@@H]2CC[C@@H](C(Cl)Cl)N1C2. The van der Waals surface area contributed by atoms with Gasteiger partial charge in [-0.1, -0.05) is 12.8 Å². The van der Waals surface area contributed by atoms with Crippen LogP contribution in [0.25, 0.3) is 0 Å². The standard InChI is InChI=1S/C7H10Cl2N2OS/c8-6(9)5-2-1-4-3-10(5)7(12)11(4)13/h4-6,13H,1-3H2/t4-,5+/m1/s1. The summed E-state index contributed by atoms with van der Waals surface area (Å²) in [5.41, 5.74) is 0. The number of hydrogen-bond acceptors (Lipinski definition) is 2. The van der Waals surface area contributed by atoms with Gasteiger partial charge in [-0.15, -0.1) is 23.2 Å². The van der Waals surface area contributed by atoms with Gasteiger partial charge in [0.1, 0.15) is 4.84 Å². The number of carbonyl (C=O) groups excluding carboxylic acids is 1. The summed E-state index contributed by atoms with van der Waals surface area (Å²) in [6.45, 7) is 0.711. The van der Waals surface area contributed by atoms with Gasteiger partial charge in [0, 0.05) is 6.54 Å². The lowest BCUT2D eigenvalue weighted by Crippen LogP contribution is -2.43. The zero-order valence-electron chi connectivity index (χ0n) is 6.86. The quantitative estimate of drug-likeness (QED) is 0.550. The first kappa shape index (κ1) is 9.74. The van der Waals surface area contributed by atoms with Crippen molar-refractivity contribution in [1.29, 1.82) is 0 Å². The highest BCUT2D eigenvalue weighted by Gasteiger charge is 2.45. The first-order valence-corrected chi connectivity index (χ1v) is 5.45. The van der Waals surface area contributed by atoms with Crippen molar-refractivity contribution in [3.05, 3.63) is 0 Å². The Kier molecular flexibility index (Phi) is 2.55. The highest BCUT2D eigenvalue weighted by atomic mass is 35.5. The summed E-state index contributed by atoms with van der Waals surface area (Å²) >= 11 is 15.7. The van der Waals surface area contributed by atoms with Crippen LogP contribution in [-0.4, -0.2) is 38.7 Å². The molecule has 74 valence electrons. The van der Waals surface area contributed by atoms with E-state index in [-0.39, 0.29) is 18.1 Å². The van der Waals surface area contributed by atoms with E-state index in [0.29, 0.717) is 6.54 Å². The largest absolute Gasteiger partial charge is 0.330 e. The Morgan fingerprint density at radius 1 is 1.46 bits per heavy atom. The van der Waals surface area contributed by atoms with E-state index >= 15 is 0 Å². The molecule has 0 radical (unpaired) electrons. The van der Waals surface area contributed by atoms with Gasteiger partial charge in [0.2, 0.25) is 0 Å². The minimum absolute atomic E-state index is 0.0377. The monoisotopic (exact) mass is 240 g/mol. The molecule has 6 heteroatoms. The molecule has 2 aliphatic rings. The number of piperidine rings is 1. The molecule has 0 aromatic heterocycles. The Labute approximate surface area is 92.5 Å². The molecule has 0 spiro atoms. The summed E-state index contributed by atoms with van der Waals surface area (Å²) in [5, 5.41) is 0. The second-order valence-electron chi connectivity index (χ2n) is 3.41. The van der Waals surface area contributed by atoms with Crippen LogP contribution in [0, 0.1) is 0 Å². The first-order valence-electron chi connectivity index (χ1n) is 4.18. The van der Waals surface area contributed by atoms with E-state index in [9.17, 15) is 4.79 Å². The number of rotatable bonds is 1. The van der Waals surface area contributed by atoms with Crippen LogP contribution in [-0.2, 0) is 0 Å². The second kappa shape index (κ2) is 3.41. The molecule has 0 aliphatic carbocycles. The number of amides is 2. The lowest BCUT2D eigenvalue weighted by molar-refractivity contribution is 0.187. The maximum Gasteiger partial charge on any atom is 0.330 e. The average molecular weight is 241 g/mol. The number of fused-ring (bicyclic) bond motifs is 2. The Bertz CT molecular complexity index is 239. The van der Waals surface area contributed by atoms with Crippen LogP contribution < -0.4 is 0 Å². The fraction of sp³-hybridized carbons (Fsp3) is 0.857.